The summed E-state index contributed by atoms with van der Waals surface area (Å²) in [6, 6.07) is 26.2. The Kier molecular flexibility index (Phi) is 13.3. The van der Waals surface area contributed by atoms with Gasteiger partial charge in [0.1, 0.15) is 28.6 Å². The molecule has 192 valence electrons. The molecule has 38 heavy (non-hydrogen) atoms. The maximum atomic E-state index is 13.6. The molecular weight excluding hydrogens is 492 g/mol. The molecule has 4 aromatic carbocycles. The number of carbonyl (C=O) groups is 2. The average Bonchev–Trinajstić information content (AvgIpc) is 2.89. The smallest absolute Gasteiger partial charge is 0.687 e. The standard InChI is InChI=1S/C14H12FNO2.C7H4F2O2.C7H8N.Li/c1-16(10-6-3-2-4-7-10)12-9-5-8-11(15)13(12)14(17)18;8-4-2-1-3-5(9)6(4)7(10)11;1-8-7-5-3-2-4-6-7;/h2-9H,1H3,(H,17,18);1-3H,(H,10,11);2-6H,1H3;/q;;-1;+1. The van der Waals surface area contributed by atoms with Crippen molar-refractivity contribution in [3.63, 3.8) is 0 Å². The molecule has 0 amide bonds. The second-order valence-electron chi connectivity index (χ2n) is 7.29. The van der Waals surface area contributed by atoms with Crippen LogP contribution in [0.2, 0.25) is 0 Å². The van der Waals surface area contributed by atoms with Crippen molar-refractivity contribution in [1.29, 1.82) is 0 Å². The number of hydrogen-bond donors (Lipinski definition) is 2. The summed E-state index contributed by atoms with van der Waals surface area (Å²) in [5.41, 5.74) is 0.933. The summed E-state index contributed by atoms with van der Waals surface area (Å²) in [6.45, 7) is 0. The van der Waals surface area contributed by atoms with Crippen molar-refractivity contribution >= 4 is 29.0 Å². The molecule has 0 aromatic heterocycles. The Hall–Kier alpha value is -4.19. The van der Waals surface area contributed by atoms with Crippen molar-refractivity contribution in [3.05, 3.63) is 131 Å². The maximum Gasteiger partial charge on any atom is 1.00 e. The Morgan fingerprint density at radius 3 is 1.47 bits per heavy atom. The van der Waals surface area contributed by atoms with E-state index in [0.29, 0.717) is 5.69 Å². The Balaban J connectivity index is 0.000000309. The van der Waals surface area contributed by atoms with Crippen LogP contribution in [0.15, 0.2) is 97.1 Å². The summed E-state index contributed by atoms with van der Waals surface area (Å²) >= 11 is 0. The van der Waals surface area contributed by atoms with Gasteiger partial charge in [0.25, 0.3) is 0 Å². The van der Waals surface area contributed by atoms with E-state index in [0.717, 1.165) is 35.6 Å². The molecule has 4 rings (SSSR count). The fourth-order valence-corrected chi connectivity index (χ4v) is 3.07. The van der Waals surface area contributed by atoms with Crippen molar-refractivity contribution in [1.82, 2.24) is 0 Å². The minimum Gasteiger partial charge on any atom is -0.687 e. The Bertz CT molecular complexity index is 1310. The minimum atomic E-state index is -1.60. The number of carboxylic acid groups (broad SMARTS) is 2. The molecule has 0 aliphatic carbocycles. The number of benzene rings is 4. The van der Waals surface area contributed by atoms with Gasteiger partial charge in [0.05, 0.1) is 5.69 Å². The second kappa shape index (κ2) is 15.8. The van der Waals surface area contributed by atoms with Gasteiger partial charge in [0, 0.05) is 12.7 Å². The first-order valence-corrected chi connectivity index (χ1v) is 10.8. The first kappa shape index (κ1) is 31.8. The van der Waals surface area contributed by atoms with Crippen LogP contribution in [0.3, 0.4) is 0 Å². The van der Waals surface area contributed by atoms with Crippen molar-refractivity contribution in [2.45, 2.75) is 0 Å². The molecule has 0 fully saturated rings. The topological polar surface area (TPSA) is 91.9 Å². The molecular formula is C28H24F3LiN2O4. The van der Waals surface area contributed by atoms with E-state index in [1.165, 1.54) is 6.07 Å². The van der Waals surface area contributed by atoms with Crippen LogP contribution in [-0.4, -0.2) is 36.2 Å². The van der Waals surface area contributed by atoms with Crippen LogP contribution in [0.25, 0.3) is 5.32 Å². The zero-order valence-electron chi connectivity index (χ0n) is 21.0. The molecule has 0 unspecified atom stereocenters. The summed E-state index contributed by atoms with van der Waals surface area (Å²) in [5, 5.41) is 21.3. The normalized spacial score (nSPS) is 9.39. The molecule has 0 saturated heterocycles. The SMILES string of the molecule is CN(c1ccccc1)c1cccc(F)c1C(=O)O.C[N-]c1ccccc1.O=C(O)c1c(F)cccc1F.[Li+]. The number of rotatable bonds is 5. The number of halogens is 3. The fraction of sp³-hybridized carbons (Fsp3) is 0.0714. The van der Waals surface area contributed by atoms with Crippen molar-refractivity contribution in [2.24, 2.45) is 0 Å². The fourth-order valence-electron chi connectivity index (χ4n) is 3.07. The van der Waals surface area contributed by atoms with Crippen LogP contribution in [0, 0.1) is 17.5 Å². The largest absolute Gasteiger partial charge is 1.00 e. The predicted molar refractivity (Wildman–Crippen MR) is 137 cm³/mol. The maximum absolute atomic E-state index is 13.6. The summed E-state index contributed by atoms with van der Waals surface area (Å²) in [4.78, 5) is 22.9. The van der Waals surface area contributed by atoms with Gasteiger partial charge >= 0.3 is 30.8 Å². The van der Waals surface area contributed by atoms with Gasteiger partial charge < -0.3 is 20.4 Å². The Labute approximate surface area is 230 Å². The quantitative estimate of drug-likeness (QED) is 0.387. The van der Waals surface area contributed by atoms with E-state index in [-0.39, 0.29) is 24.4 Å². The average molecular weight is 516 g/mol. The Morgan fingerprint density at radius 2 is 1.08 bits per heavy atom. The molecule has 0 heterocycles. The van der Waals surface area contributed by atoms with E-state index >= 15 is 0 Å². The van der Waals surface area contributed by atoms with Crippen LogP contribution in [0.1, 0.15) is 20.7 Å². The molecule has 2 N–H and O–H groups in total. The minimum absolute atomic E-state index is 0. The van der Waals surface area contributed by atoms with E-state index < -0.39 is 35.0 Å². The molecule has 0 bridgehead atoms. The monoisotopic (exact) mass is 516 g/mol. The van der Waals surface area contributed by atoms with E-state index in [9.17, 15) is 22.8 Å². The summed E-state index contributed by atoms with van der Waals surface area (Å²) in [7, 11) is 3.49. The summed E-state index contributed by atoms with van der Waals surface area (Å²) in [5.74, 6) is -5.72. The van der Waals surface area contributed by atoms with Crippen LogP contribution >= 0.6 is 0 Å². The van der Waals surface area contributed by atoms with Crippen LogP contribution in [-0.2, 0) is 0 Å². The number of carboxylic acids is 2. The summed E-state index contributed by atoms with van der Waals surface area (Å²) in [6.07, 6.45) is 0. The van der Waals surface area contributed by atoms with Crippen molar-refractivity contribution < 1.29 is 51.8 Å². The van der Waals surface area contributed by atoms with Gasteiger partial charge in [-0.15, -0.1) is 12.7 Å². The number of para-hydroxylation sites is 2. The van der Waals surface area contributed by atoms with Gasteiger partial charge in [-0.1, -0.05) is 60.7 Å². The zero-order valence-corrected chi connectivity index (χ0v) is 21.0. The van der Waals surface area contributed by atoms with Gasteiger partial charge in [-0.05, 0) is 36.4 Å². The van der Waals surface area contributed by atoms with Crippen molar-refractivity contribution in [2.75, 3.05) is 19.0 Å². The van der Waals surface area contributed by atoms with E-state index in [4.69, 9.17) is 10.2 Å². The number of anilines is 2. The molecule has 0 aliphatic heterocycles. The second-order valence-corrected chi connectivity index (χ2v) is 7.29. The third-order valence-corrected chi connectivity index (χ3v) is 4.90. The van der Waals surface area contributed by atoms with Crippen LogP contribution < -0.4 is 23.8 Å². The van der Waals surface area contributed by atoms with Gasteiger partial charge in [-0.3, -0.25) is 0 Å². The molecule has 10 heteroatoms. The van der Waals surface area contributed by atoms with E-state index in [2.05, 4.69) is 5.32 Å². The molecule has 0 aliphatic rings. The number of aromatic carboxylic acids is 2. The van der Waals surface area contributed by atoms with Gasteiger partial charge in [0.15, 0.2) is 0 Å². The number of hydrogen-bond acceptors (Lipinski definition) is 3. The molecule has 0 atom stereocenters. The molecule has 6 nitrogen and oxygen atoms in total. The van der Waals surface area contributed by atoms with E-state index in [1.807, 2.05) is 60.7 Å². The molecule has 0 saturated carbocycles. The van der Waals surface area contributed by atoms with Gasteiger partial charge in [0.2, 0.25) is 0 Å². The molecule has 0 spiro atoms. The molecule has 0 radical (unpaired) electrons. The van der Waals surface area contributed by atoms with Crippen LogP contribution in [0.4, 0.5) is 30.2 Å². The third kappa shape index (κ3) is 9.03. The number of nitrogens with zero attached hydrogens (tertiary/aromatic N) is 2. The summed E-state index contributed by atoms with van der Waals surface area (Å²) < 4.78 is 38.5. The van der Waals surface area contributed by atoms with Gasteiger partial charge in [-0.25, -0.2) is 22.8 Å². The Morgan fingerprint density at radius 1 is 0.658 bits per heavy atom. The van der Waals surface area contributed by atoms with Crippen LogP contribution in [0.5, 0.6) is 0 Å². The first-order valence-electron chi connectivity index (χ1n) is 10.8. The predicted octanol–water partition coefficient (Wildman–Crippen LogP) is 4.28. The zero-order chi connectivity index (χ0) is 27.4. The van der Waals surface area contributed by atoms with Gasteiger partial charge in [-0.2, -0.15) is 0 Å². The molecule has 4 aromatic rings. The third-order valence-electron chi connectivity index (χ3n) is 4.90. The van der Waals surface area contributed by atoms with E-state index in [1.54, 1.807) is 25.1 Å². The first-order chi connectivity index (χ1) is 17.7. The van der Waals surface area contributed by atoms with Crippen molar-refractivity contribution in [3.8, 4) is 0 Å².